The van der Waals surface area contributed by atoms with Crippen LogP contribution in [0.25, 0.3) is 0 Å². The van der Waals surface area contributed by atoms with Crippen LogP contribution in [0.3, 0.4) is 0 Å². The second-order valence-electron chi connectivity index (χ2n) is 4.05. The molecule has 8 heteroatoms. The Bertz CT molecular complexity index is 566. The predicted octanol–water partition coefficient (Wildman–Crippen LogP) is 2.36. The third-order valence-corrected chi connectivity index (χ3v) is 4.82. The molecule has 0 aliphatic carbocycles. The van der Waals surface area contributed by atoms with Gasteiger partial charge in [-0.05, 0) is 24.6 Å². The Hall–Kier alpha value is -0.760. The smallest absolute Gasteiger partial charge is 0.245 e. The van der Waals surface area contributed by atoms with Gasteiger partial charge in [0.2, 0.25) is 10.0 Å². The van der Waals surface area contributed by atoms with Gasteiger partial charge in [-0.2, -0.15) is 4.31 Å². The summed E-state index contributed by atoms with van der Waals surface area (Å²) in [6.45, 7) is 2.43. The van der Waals surface area contributed by atoms with Gasteiger partial charge in [-0.25, -0.2) is 17.2 Å². The van der Waals surface area contributed by atoms with Gasteiger partial charge in [0.1, 0.15) is 4.90 Å². The quantitative estimate of drug-likeness (QED) is 0.570. The summed E-state index contributed by atoms with van der Waals surface area (Å²) in [5, 5.41) is 0. The van der Waals surface area contributed by atoms with Crippen molar-refractivity contribution in [2.45, 2.75) is 17.7 Å². The minimum Gasteiger partial charge on any atom is -0.380 e. The zero-order valence-electron chi connectivity index (χ0n) is 11.2. The average Bonchev–Trinajstić information content (AvgIpc) is 2.41. The summed E-state index contributed by atoms with van der Waals surface area (Å²) in [5.41, 5.74) is 0.197. The lowest BCUT2D eigenvalue weighted by Gasteiger charge is -2.18. The van der Waals surface area contributed by atoms with Crippen LogP contribution in [0.2, 0.25) is 0 Å². The number of hydrogen-bond donors (Lipinski definition) is 0. The van der Waals surface area contributed by atoms with Crippen molar-refractivity contribution in [1.29, 1.82) is 0 Å². The normalized spacial score (nSPS) is 12.1. The first-order valence-electron chi connectivity index (χ1n) is 5.92. The van der Waals surface area contributed by atoms with Crippen molar-refractivity contribution in [2.75, 3.05) is 26.8 Å². The summed E-state index contributed by atoms with van der Waals surface area (Å²) in [6, 6.07) is 1.92. The number of sulfonamides is 1. The number of hydrogen-bond acceptors (Lipinski definition) is 3. The zero-order valence-corrected chi connectivity index (χ0v) is 12.8. The van der Waals surface area contributed by atoms with Crippen LogP contribution in [-0.2, 0) is 20.6 Å². The molecule has 0 fully saturated rings. The van der Waals surface area contributed by atoms with Crippen LogP contribution in [0.15, 0.2) is 17.0 Å². The maximum absolute atomic E-state index is 13.7. The highest BCUT2D eigenvalue weighted by Gasteiger charge is 2.27. The second-order valence-corrected chi connectivity index (χ2v) is 6.33. The molecule has 0 amide bonds. The molecule has 0 saturated carbocycles. The van der Waals surface area contributed by atoms with Crippen LogP contribution in [-0.4, -0.2) is 39.5 Å². The van der Waals surface area contributed by atoms with E-state index in [1.807, 2.05) is 0 Å². The van der Waals surface area contributed by atoms with Crippen LogP contribution in [0.5, 0.6) is 0 Å². The Morgan fingerprint density at radius 3 is 2.55 bits per heavy atom. The molecule has 4 nitrogen and oxygen atoms in total. The second kappa shape index (κ2) is 7.31. The van der Waals surface area contributed by atoms with Gasteiger partial charge >= 0.3 is 0 Å². The number of halogens is 3. The number of nitrogens with zero attached hydrogens (tertiary/aromatic N) is 1. The lowest BCUT2D eigenvalue weighted by Crippen LogP contribution is -2.31. The third kappa shape index (κ3) is 3.88. The van der Waals surface area contributed by atoms with E-state index in [0.717, 1.165) is 16.4 Å². The van der Waals surface area contributed by atoms with E-state index in [4.69, 9.17) is 16.3 Å². The van der Waals surface area contributed by atoms with Gasteiger partial charge in [0, 0.05) is 26.1 Å². The fourth-order valence-electron chi connectivity index (χ4n) is 1.51. The Morgan fingerprint density at radius 2 is 2.00 bits per heavy atom. The minimum absolute atomic E-state index is 0.0440. The Labute approximate surface area is 122 Å². The number of benzene rings is 1. The average molecular weight is 328 g/mol. The van der Waals surface area contributed by atoms with E-state index in [1.165, 1.54) is 7.05 Å². The monoisotopic (exact) mass is 327 g/mol. The SMILES string of the molecule is CCOCCN(C)S(=O)(=O)c1cc(CCl)cc(F)c1F. The van der Waals surface area contributed by atoms with E-state index in [9.17, 15) is 17.2 Å². The molecule has 20 heavy (non-hydrogen) atoms. The van der Waals surface area contributed by atoms with Gasteiger partial charge in [-0.3, -0.25) is 0 Å². The van der Waals surface area contributed by atoms with Crippen molar-refractivity contribution in [3.63, 3.8) is 0 Å². The van der Waals surface area contributed by atoms with Gasteiger partial charge in [-0.1, -0.05) is 0 Å². The standard InChI is InChI=1S/C12H16ClF2NO3S/c1-3-19-5-4-16(2)20(17,18)11-7-9(8-13)6-10(14)12(11)15/h6-7H,3-5,8H2,1-2H3. The largest absolute Gasteiger partial charge is 0.380 e. The summed E-state index contributed by atoms with van der Waals surface area (Å²) >= 11 is 5.54. The lowest BCUT2D eigenvalue weighted by atomic mass is 10.2. The molecule has 0 aromatic heterocycles. The number of ether oxygens (including phenoxy) is 1. The number of alkyl halides is 1. The van der Waals surface area contributed by atoms with Crippen molar-refractivity contribution in [2.24, 2.45) is 0 Å². The predicted molar refractivity (Wildman–Crippen MR) is 72.2 cm³/mol. The highest BCUT2D eigenvalue weighted by molar-refractivity contribution is 7.89. The topological polar surface area (TPSA) is 46.6 Å². The summed E-state index contributed by atoms with van der Waals surface area (Å²) in [4.78, 5) is -0.716. The van der Waals surface area contributed by atoms with Crippen LogP contribution in [0.4, 0.5) is 8.78 Å². The molecule has 0 aliphatic heterocycles. The fourth-order valence-corrected chi connectivity index (χ4v) is 2.94. The van der Waals surface area contributed by atoms with Gasteiger partial charge < -0.3 is 4.74 Å². The van der Waals surface area contributed by atoms with Crippen LogP contribution in [0.1, 0.15) is 12.5 Å². The summed E-state index contributed by atoms with van der Waals surface area (Å²) < 4.78 is 57.4. The Balaban J connectivity index is 3.11. The molecule has 1 rings (SSSR count). The molecule has 0 radical (unpaired) electrons. The molecule has 114 valence electrons. The van der Waals surface area contributed by atoms with Crippen LogP contribution < -0.4 is 0 Å². The highest BCUT2D eigenvalue weighted by atomic mass is 35.5. The first-order valence-corrected chi connectivity index (χ1v) is 7.90. The number of rotatable bonds is 7. The van der Waals surface area contributed by atoms with Crippen LogP contribution >= 0.6 is 11.6 Å². The molecule has 0 atom stereocenters. The zero-order chi connectivity index (χ0) is 15.3. The molecule has 0 N–H and O–H groups in total. The number of likely N-dealkylation sites (N-methyl/N-ethyl adjacent to an activating group) is 1. The van der Waals surface area contributed by atoms with Gasteiger partial charge in [0.15, 0.2) is 11.6 Å². The molecule has 0 heterocycles. The molecule has 1 aromatic rings. The van der Waals surface area contributed by atoms with E-state index in [2.05, 4.69) is 0 Å². The van der Waals surface area contributed by atoms with E-state index >= 15 is 0 Å². The van der Waals surface area contributed by atoms with E-state index in [0.29, 0.717) is 6.61 Å². The van der Waals surface area contributed by atoms with E-state index in [1.54, 1.807) is 6.92 Å². The molecular weight excluding hydrogens is 312 g/mol. The van der Waals surface area contributed by atoms with E-state index < -0.39 is 26.6 Å². The molecule has 0 unspecified atom stereocenters. The Morgan fingerprint density at radius 1 is 1.35 bits per heavy atom. The summed E-state index contributed by atoms with van der Waals surface area (Å²) in [6.07, 6.45) is 0. The molecule has 0 aliphatic rings. The van der Waals surface area contributed by atoms with Crippen molar-refractivity contribution >= 4 is 21.6 Å². The van der Waals surface area contributed by atoms with Crippen molar-refractivity contribution < 1.29 is 21.9 Å². The first kappa shape index (κ1) is 17.3. The maximum Gasteiger partial charge on any atom is 0.245 e. The molecule has 1 aromatic carbocycles. The van der Waals surface area contributed by atoms with Gasteiger partial charge in [-0.15, -0.1) is 11.6 Å². The van der Waals surface area contributed by atoms with Crippen LogP contribution in [0, 0.1) is 11.6 Å². The first-order chi connectivity index (χ1) is 9.34. The highest BCUT2D eigenvalue weighted by Crippen LogP contribution is 2.23. The maximum atomic E-state index is 13.7. The molecule has 0 saturated heterocycles. The summed E-state index contributed by atoms with van der Waals surface area (Å²) in [7, 11) is -2.85. The van der Waals surface area contributed by atoms with Gasteiger partial charge in [0.25, 0.3) is 0 Å². The molecular formula is C12H16ClF2NO3S. The van der Waals surface area contributed by atoms with Crippen molar-refractivity contribution in [3.05, 3.63) is 29.3 Å². The minimum atomic E-state index is -4.13. The van der Waals surface area contributed by atoms with E-state index in [-0.39, 0.29) is 24.6 Å². The molecule has 0 spiro atoms. The lowest BCUT2D eigenvalue weighted by molar-refractivity contribution is 0.138. The summed E-state index contributed by atoms with van der Waals surface area (Å²) in [5.74, 6) is -2.75. The fraction of sp³-hybridized carbons (Fsp3) is 0.500. The van der Waals surface area contributed by atoms with Crippen molar-refractivity contribution in [1.82, 2.24) is 4.31 Å². The Kier molecular flexibility index (Phi) is 6.32. The third-order valence-electron chi connectivity index (χ3n) is 2.65. The van der Waals surface area contributed by atoms with Gasteiger partial charge in [0.05, 0.1) is 6.61 Å². The van der Waals surface area contributed by atoms with Crippen molar-refractivity contribution in [3.8, 4) is 0 Å². The molecule has 0 bridgehead atoms.